The van der Waals surface area contributed by atoms with E-state index in [4.69, 9.17) is 0 Å². The number of thiazole rings is 1. The van der Waals surface area contributed by atoms with E-state index in [1.165, 1.54) is 30.8 Å². The number of rotatable bonds is 6. The molecule has 1 aromatic heterocycles. The van der Waals surface area contributed by atoms with Crippen LogP contribution < -0.4 is 10.2 Å². The average Bonchev–Trinajstić information content (AvgIpc) is 2.97. The van der Waals surface area contributed by atoms with Gasteiger partial charge in [-0.15, -0.1) is 11.3 Å². The molecule has 96 valence electrons. The van der Waals surface area contributed by atoms with Gasteiger partial charge in [-0.05, 0) is 33.0 Å². The molecule has 1 N–H and O–H groups in total. The number of nitrogens with one attached hydrogen (secondary N) is 1. The summed E-state index contributed by atoms with van der Waals surface area (Å²) in [5.74, 6) is 0. The van der Waals surface area contributed by atoms with E-state index >= 15 is 0 Å². The maximum atomic E-state index is 4.47. The third kappa shape index (κ3) is 3.66. The summed E-state index contributed by atoms with van der Waals surface area (Å²) < 4.78 is 0. The van der Waals surface area contributed by atoms with Gasteiger partial charge in [0, 0.05) is 37.8 Å². The van der Waals surface area contributed by atoms with Crippen LogP contribution in [0, 0.1) is 0 Å². The summed E-state index contributed by atoms with van der Waals surface area (Å²) in [4.78, 5) is 10.6. The topological polar surface area (TPSA) is 31.4 Å². The fourth-order valence-corrected chi connectivity index (χ4v) is 3.03. The van der Waals surface area contributed by atoms with Gasteiger partial charge in [0.05, 0.1) is 0 Å². The Hall–Kier alpha value is -0.650. The molecule has 2 rings (SSSR count). The third-order valence-corrected chi connectivity index (χ3v) is 4.28. The van der Waals surface area contributed by atoms with Gasteiger partial charge in [-0.3, -0.25) is 0 Å². The normalized spacial score (nSPS) is 16.6. The summed E-state index contributed by atoms with van der Waals surface area (Å²) in [7, 11) is 4.11. The Bertz CT molecular complexity index is 333. The highest BCUT2D eigenvalue weighted by Gasteiger charge is 2.13. The van der Waals surface area contributed by atoms with Crippen molar-refractivity contribution in [1.29, 1.82) is 0 Å². The van der Waals surface area contributed by atoms with E-state index in [2.05, 4.69) is 27.1 Å². The Morgan fingerprint density at radius 2 is 2.24 bits per heavy atom. The van der Waals surface area contributed by atoms with Crippen LogP contribution in [0.4, 0.5) is 5.13 Å². The standard InChI is InChI=1S/C12H22N4S/c1-13-9-11-10-14-12(17-11)15(2)7-8-16-5-3-4-6-16/h10,13H,3-9H2,1-2H3. The van der Waals surface area contributed by atoms with Gasteiger partial charge < -0.3 is 15.1 Å². The van der Waals surface area contributed by atoms with E-state index in [0.29, 0.717) is 0 Å². The molecule has 1 aliphatic rings. The number of aromatic nitrogens is 1. The summed E-state index contributed by atoms with van der Waals surface area (Å²) in [5.41, 5.74) is 0. The van der Waals surface area contributed by atoms with Gasteiger partial charge in [-0.2, -0.15) is 0 Å². The van der Waals surface area contributed by atoms with Gasteiger partial charge in [0.1, 0.15) is 0 Å². The van der Waals surface area contributed by atoms with Crippen molar-refractivity contribution >= 4 is 16.5 Å². The minimum absolute atomic E-state index is 0.914. The van der Waals surface area contributed by atoms with Crippen LogP contribution in [0.5, 0.6) is 0 Å². The number of hydrogen-bond acceptors (Lipinski definition) is 5. The number of hydrogen-bond donors (Lipinski definition) is 1. The van der Waals surface area contributed by atoms with Crippen molar-refractivity contribution < 1.29 is 0 Å². The molecule has 0 radical (unpaired) electrons. The van der Waals surface area contributed by atoms with Crippen molar-refractivity contribution in [2.45, 2.75) is 19.4 Å². The van der Waals surface area contributed by atoms with Gasteiger partial charge in [-0.25, -0.2) is 4.98 Å². The monoisotopic (exact) mass is 254 g/mol. The Kier molecular flexibility index (Phi) is 4.76. The molecule has 2 heterocycles. The molecular weight excluding hydrogens is 232 g/mol. The molecular formula is C12H22N4S. The predicted octanol–water partition coefficient (Wildman–Crippen LogP) is 1.39. The first-order chi connectivity index (χ1) is 8.29. The first-order valence-electron chi connectivity index (χ1n) is 6.32. The Labute approximate surface area is 108 Å². The maximum Gasteiger partial charge on any atom is 0.185 e. The number of anilines is 1. The van der Waals surface area contributed by atoms with E-state index in [9.17, 15) is 0 Å². The molecule has 1 aromatic rings. The second-order valence-electron chi connectivity index (χ2n) is 4.61. The predicted molar refractivity (Wildman–Crippen MR) is 73.8 cm³/mol. The highest BCUT2D eigenvalue weighted by Crippen LogP contribution is 2.21. The quantitative estimate of drug-likeness (QED) is 0.831. The summed E-state index contributed by atoms with van der Waals surface area (Å²) >= 11 is 1.78. The smallest absolute Gasteiger partial charge is 0.185 e. The maximum absolute atomic E-state index is 4.47. The van der Waals surface area contributed by atoms with E-state index in [0.717, 1.165) is 24.8 Å². The summed E-state index contributed by atoms with van der Waals surface area (Å²) in [6.45, 7) is 5.70. The van der Waals surface area contributed by atoms with Crippen molar-refractivity contribution in [3.63, 3.8) is 0 Å². The first-order valence-corrected chi connectivity index (χ1v) is 7.14. The van der Waals surface area contributed by atoms with Crippen LogP contribution in [-0.4, -0.2) is 50.2 Å². The SMILES string of the molecule is CNCc1cnc(N(C)CCN2CCCC2)s1. The number of likely N-dealkylation sites (tertiary alicyclic amines) is 1. The fraction of sp³-hybridized carbons (Fsp3) is 0.750. The molecule has 0 bridgehead atoms. The van der Waals surface area contributed by atoms with E-state index in [1.54, 1.807) is 11.3 Å². The zero-order chi connectivity index (χ0) is 12.1. The molecule has 0 amide bonds. The largest absolute Gasteiger partial charge is 0.350 e. The molecule has 0 aliphatic carbocycles. The molecule has 0 unspecified atom stereocenters. The van der Waals surface area contributed by atoms with Gasteiger partial charge in [0.2, 0.25) is 0 Å². The van der Waals surface area contributed by atoms with Crippen molar-refractivity contribution in [1.82, 2.24) is 15.2 Å². The van der Waals surface area contributed by atoms with Crippen LogP contribution in [0.2, 0.25) is 0 Å². The molecule has 1 aliphatic heterocycles. The third-order valence-electron chi connectivity index (χ3n) is 3.17. The molecule has 0 atom stereocenters. The first kappa shape index (κ1) is 12.8. The van der Waals surface area contributed by atoms with Crippen molar-refractivity contribution in [2.75, 3.05) is 45.2 Å². The van der Waals surface area contributed by atoms with Crippen LogP contribution in [0.3, 0.4) is 0 Å². The molecule has 0 spiro atoms. The lowest BCUT2D eigenvalue weighted by Gasteiger charge is -2.20. The highest BCUT2D eigenvalue weighted by molar-refractivity contribution is 7.15. The lowest BCUT2D eigenvalue weighted by atomic mass is 10.4. The van der Waals surface area contributed by atoms with Crippen LogP contribution in [0.15, 0.2) is 6.20 Å². The molecule has 0 saturated carbocycles. The Morgan fingerprint density at radius 1 is 1.47 bits per heavy atom. The lowest BCUT2D eigenvalue weighted by Crippen LogP contribution is -2.31. The molecule has 5 heteroatoms. The van der Waals surface area contributed by atoms with Crippen LogP contribution >= 0.6 is 11.3 Å². The second-order valence-corrected chi connectivity index (χ2v) is 5.70. The Morgan fingerprint density at radius 3 is 2.94 bits per heavy atom. The number of nitrogens with zero attached hydrogens (tertiary/aromatic N) is 3. The van der Waals surface area contributed by atoms with Crippen molar-refractivity contribution in [3.8, 4) is 0 Å². The van der Waals surface area contributed by atoms with Crippen molar-refractivity contribution in [2.24, 2.45) is 0 Å². The summed E-state index contributed by atoms with van der Waals surface area (Å²) in [6.07, 6.45) is 4.71. The van der Waals surface area contributed by atoms with Crippen LogP contribution in [0.1, 0.15) is 17.7 Å². The molecule has 1 fully saturated rings. The fourth-order valence-electron chi connectivity index (χ4n) is 2.12. The van der Waals surface area contributed by atoms with Gasteiger partial charge in [-0.1, -0.05) is 0 Å². The van der Waals surface area contributed by atoms with E-state index < -0.39 is 0 Å². The van der Waals surface area contributed by atoms with Crippen molar-refractivity contribution in [3.05, 3.63) is 11.1 Å². The molecule has 1 saturated heterocycles. The number of likely N-dealkylation sites (N-methyl/N-ethyl adjacent to an activating group) is 1. The van der Waals surface area contributed by atoms with Crippen LogP contribution in [0.25, 0.3) is 0 Å². The molecule has 0 aromatic carbocycles. The Balaban J connectivity index is 1.79. The van der Waals surface area contributed by atoms with Gasteiger partial charge >= 0.3 is 0 Å². The summed E-state index contributed by atoms with van der Waals surface area (Å²) in [6, 6.07) is 0. The van der Waals surface area contributed by atoms with Gasteiger partial charge in [0.25, 0.3) is 0 Å². The second kappa shape index (κ2) is 6.33. The van der Waals surface area contributed by atoms with Gasteiger partial charge in [0.15, 0.2) is 5.13 Å². The minimum Gasteiger partial charge on any atom is -0.350 e. The molecule has 17 heavy (non-hydrogen) atoms. The zero-order valence-corrected chi connectivity index (χ0v) is 11.6. The minimum atomic E-state index is 0.914. The zero-order valence-electron chi connectivity index (χ0n) is 10.8. The summed E-state index contributed by atoms with van der Waals surface area (Å²) in [5, 5.41) is 4.29. The van der Waals surface area contributed by atoms with Crippen LogP contribution in [-0.2, 0) is 6.54 Å². The highest BCUT2D eigenvalue weighted by atomic mass is 32.1. The average molecular weight is 254 g/mol. The molecule has 4 nitrogen and oxygen atoms in total. The van der Waals surface area contributed by atoms with E-state index in [-0.39, 0.29) is 0 Å². The van der Waals surface area contributed by atoms with E-state index in [1.807, 2.05) is 13.2 Å². The lowest BCUT2D eigenvalue weighted by molar-refractivity contribution is 0.346.